The van der Waals surface area contributed by atoms with E-state index in [9.17, 15) is 0 Å². The third-order valence-corrected chi connectivity index (χ3v) is 4.06. The van der Waals surface area contributed by atoms with Gasteiger partial charge in [0.05, 0.1) is 0 Å². The van der Waals surface area contributed by atoms with Gasteiger partial charge >= 0.3 is 0 Å². The average Bonchev–Trinajstić information content (AvgIpc) is 2.85. The second kappa shape index (κ2) is 5.94. The molecular weight excluding hydrogens is 228 g/mol. The molecule has 1 N–H and O–H groups in total. The highest BCUT2D eigenvalue weighted by atomic mass is 32.1. The summed E-state index contributed by atoms with van der Waals surface area (Å²) in [4.78, 5) is 7.00. The number of thiophene rings is 1. The zero-order valence-corrected chi connectivity index (χ0v) is 11.1. The molecule has 0 amide bonds. The van der Waals surface area contributed by atoms with Crippen LogP contribution in [0.15, 0.2) is 36.7 Å². The molecule has 0 fully saturated rings. The predicted octanol–water partition coefficient (Wildman–Crippen LogP) is 3.56. The van der Waals surface area contributed by atoms with Gasteiger partial charge in [0, 0.05) is 34.7 Å². The van der Waals surface area contributed by atoms with Crippen molar-refractivity contribution in [1.82, 2.24) is 10.3 Å². The van der Waals surface area contributed by atoms with Gasteiger partial charge in [-0.1, -0.05) is 13.0 Å². The molecule has 0 aliphatic carbocycles. The molecule has 1 unspecified atom stereocenters. The fraction of sp³-hybridized carbons (Fsp3) is 0.357. The lowest BCUT2D eigenvalue weighted by atomic mass is 10.1. The van der Waals surface area contributed by atoms with Crippen molar-refractivity contribution in [3.63, 3.8) is 0 Å². The number of aryl methyl sites for hydroxylation is 1. The van der Waals surface area contributed by atoms with E-state index in [1.807, 2.05) is 29.8 Å². The van der Waals surface area contributed by atoms with Gasteiger partial charge in [-0.3, -0.25) is 4.98 Å². The van der Waals surface area contributed by atoms with Crippen LogP contribution in [0.5, 0.6) is 0 Å². The molecule has 0 spiro atoms. The standard InChI is InChI=1S/C14H18N2S/c1-3-13-6-7-14(17-13)10-16-11(2)12-5-4-8-15-9-12/h4-9,11,16H,3,10H2,1-2H3. The lowest BCUT2D eigenvalue weighted by molar-refractivity contribution is 0.577. The SMILES string of the molecule is CCc1ccc(CNC(C)c2cccnc2)s1. The Labute approximate surface area is 107 Å². The Balaban J connectivity index is 1.90. The normalized spacial score (nSPS) is 12.6. The summed E-state index contributed by atoms with van der Waals surface area (Å²) in [5.41, 5.74) is 1.24. The minimum atomic E-state index is 0.343. The van der Waals surface area contributed by atoms with Crippen molar-refractivity contribution >= 4 is 11.3 Å². The van der Waals surface area contributed by atoms with Gasteiger partial charge in [-0.15, -0.1) is 11.3 Å². The van der Waals surface area contributed by atoms with Gasteiger partial charge in [-0.05, 0) is 37.1 Å². The summed E-state index contributed by atoms with van der Waals surface area (Å²) in [6, 6.07) is 8.86. The van der Waals surface area contributed by atoms with Crippen molar-refractivity contribution in [3.05, 3.63) is 52.0 Å². The number of aromatic nitrogens is 1. The summed E-state index contributed by atoms with van der Waals surface area (Å²) >= 11 is 1.89. The number of pyridine rings is 1. The highest BCUT2D eigenvalue weighted by molar-refractivity contribution is 7.11. The summed E-state index contributed by atoms with van der Waals surface area (Å²) in [6.45, 7) is 5.30. The van der Waals surface area contributed by atoms with E-state index in [0.717, 1.165) is 13.0 Å². The first kappa shape index (κ1) is 12.3. The molecule has 2 heterocycles. The van der Waals surface area contributed by atoms with Gasteiger partial charge in [0.15, 0.2) is 0 Å². The van der Waals surface area contributed by atoms with Crippen LogP contribution in [0.1, 0.15) is 35.2 Å². The molecule has 2 aromatic heterocycles. The highest BCUT2D eigenvalue weighted by Crippen LogP contribution is 2.18. The van der Waals surface area contributed by atoms with Crippen LogP contribution in [0, 0.1) is 0 Å². The summed E-state index contributed by atoms with van der Waals surface area (Å²) in [6.07, 6.45) is 4.86. The van der Waals surface area contributed by atoms with Crippen molar-refractivity contribution in [2.24, 2.45) is 0 Å². The first-order valence-corrected chi connectivity index (χ1v) is 6.82. The summed E-state index contributed by atoms with van der Waals surface area (Å²) in [5, 5.41) is 3.52. The zero-order valence-electron chi connectivity index (χ0n) is 10.3. The Morgan fingerprint density at radius 3 is 2.76 bits per heavy atom. The third-order valence-electron chi connectivity index (χ3n) is 2.83. The van der Waals surface area contributed by atoms with E-state index in [2.05, 4.69) is 42.3 Å². The fourth-order valence-corrected chi connectivity index (χ4v) is 2.62. The highest BCUT2D eigenvalue weighted by Gasteiger charge is 2.05. The first-order chi connectivity index (χ1) is 8.29. The molecular formula is C14H18N2S. The van der Waals surface area contributed by atoms with Crippen LogP contribution in [0.3, 0.4) is 0 Å². The minimum absolute atomic E-state index is 0.343. The third kappa shape index (κ3) is 3.38. The van der Waals surface area contributed by atoms with Crippen LogP contribution >= 0.6 is 11.3 Å². The second-order valence-corrected chi connectivity index (χ2v) is 5.36. The molecule has 0 bridgehead atoms. The van der Waals surface area contributed by atoms with E-state index in [0.29, 0.717) is 6.04 Å². The molecule has 2 aromatic rings. The summed E-state index contributed by atoms with van der Waals surface area (Å²) in [5.74, 6) is 0. The van der Waals surface area contributed by atoms with Crippen molar-refractivity contribution < 1.29 is 0 Å². The minimum Gasteiger partial charge on any atom is -0.305 e. The van der Waals surface area contributed by atoms with Gasteiger partial charge in [0.2, 0.25) is 0 Å². The Morgan fingerprint density at radius 1 is 1.29 bits per heavy atom. The Kier molecular flexibility index (Phi) is 4.29. The summed E-state index contributed by atoms with van der Waals surface area (Å²) < 4.78 is 0. The van der Waals surface area contributed by atoms with E-state index in [4.69, 9.17) is 0 Å². The van der Waals surface area contributed by atoms with Gasteiger partial charge in [-0.25, -0.2) is 0 Å². The second-order valence-electron chi connectivity index (χ2n) is 4.11. The quantitative estimate of drug-likeness (QED) is 0.872. The molecule has 0 aliphatic rings. The van der Waals surface area contributed by atoms with Crippen LogP contribution in [0.4, 0.5) is 0 Å². The zero-order chi connectivity index (χ0) is 12.1. The van der Waals surface area contributed by atoms with E-state index in [1.54, 1.807) is 0 Å². The number of nitrogens with one attached hydrogen (secondary N) is 1. The van der Waals surface area contributed by atoms with E-state index < -0.39 is 0 Å². The topological polar surface area (TPSA) is 24.9 Å². The van der Waals surface area contributed by atoms with Crippen LogP contribution in [0.2, 0.25) is 0 Å². The molecule has 0 aromatic carbocycles. The molecule has 3 heteroatoms. The number of nitrogens with zero attached hydrogens (tertiary/aromatic N) is 1. The van der Waals surface area contributed by atoms with Crippen molar-refractivity contribution in [2.75, 3.05) is 0 Å². The van der Waals surface area contributed by atoms with Gasteiger partial charge in [0.1, 0.15) is 0 Å². The maximum atomic E-state index is 4.14. The lowest BCUT2D eigenvalue weighted by Gasteiger charge is -2.12. The van der Waals surface area contributed by atoms with Gasteiger partial charge < -0.3 is 5.32 Å². The smallest absolute Gasteiger partial charge is 0.0315 e. The van der Waals surface area contributed by atoms with Crippen LogP contribution in [0.25, 0.3) is 0 Å². The molecule has 2 rings (SSSR count). The number of hydrogen-bond acceptors (Lipinski definition) is 3. The molecule has 90 valence electrons. The number of hydrogen-bond donors (Lipinski definition) is 1. The van der Waals surface area contributed by atoms with Crippen molar-refractivity contribution in [1.29, 1.82) is 0 Å². The Bertz CT molecular complexity index is 450. The Morgan fingerprint density at radius 2 is 2.12 bits per heavy atom. The maximum absolute atomic E-state index is 4.14. The molecule has 0 aliphatic heterocycles. The first-order valence-electron chi connectivity index (χ1n) is 6.00. The summed E-state index contributed by atoms with van der Waals surface area (Å²) in [7, 11) is 0. The van der Waals surface area contributed by atoms with Crippen molar-refractivity contribution in [2.45, 2.75) is 32.9 Å². The average molecular weight is 246 g/mol. The Hall–Kier alpha value is -1.19. The molecule has 0 radical (unpaired) electrons. The van der Waals surface area contributed by atoms with Crippen LogP contribution in [-0.4, -0.2) is 4.98 Å². The fourth-order valence-electron chi connectivity index (χ4n) is 1.71. The molecule has 0 saturated carbocycles. The number of rotatable bonds is 5. The molecule has 0 saturated heterocycles. The van der Waals surface area contributed by atoms with Crippen LogP contribution in [-0.2, 0) is 13.0 Å². The maximum Gasteiger partial charge on any atom is 0.0315 e. The van der Waals surface area contributed by atoms with Gasteiger partial charge in [-0.2, -0.15) is 0 Å². The van der Waals surface area contributed by atoms with E-state index in [-0.39, 0.29) is 0 Å². The van der Waals surface area contributed by atoms with Crippen molar-refractivity contribution in [3.8, 4) is 0 Å². The van der Waals surface area contributed by atoms with Gasteiger partial charge in [0.25, 0.3) is 0 Å². The van der Waals surface area contributed by atoms with E-state index >= 15 is 0 Å². The van der Waals surface area contributed by atoms with E-state index in [1.165, 1.54) is 15.3 Å². The monoisotopic (exact) mass is 246 g/mol. The molecule has 2 nitrogen and oxygen atoms in total. The van der Waals surface area contributed by atoms with Crippen LogP contribution < -0.4 is 5.32 Å². The lowest BCUT2D eigenvalue weighted by Crippen LogP contribution is -2.17. The largest absolute Gasteiger partial charge is 0.305 e. The molecule has 1 atom stereocenters. The molecule has 17 heavy (non-hydrogen) atoms. The predicted molar refractivity (Wildman–Crippen MR) is 73.2 cm³/mol.